The number of anilines is 1. The molecule has 0 saturated carbocycles. The molecule has 0 spiro atoms. The lowest BCUT2D eigenvalue weighted by molar-refractivity contribution is -0.135. The number of methoxy groups -OCH3 is 2. The van der Waals surface area contributed by atoms with Crippen molar-refractivity contribution >= 4 is 11.6 Å². The lowest BCUT2D eigenvalue weighted by atomic mass is 10.1. The maximum absolute atomic E-state index is 12.2. The predicted octanol–water partition coefficient (Wildman–Crippen LogP) is 2.47. The Morgan fingerprint density at radius 1 is 0.958 bits per heavy atom. The summed E-state index contributed by atoms with van der Waals surface area (Å²) >= 11 is 0. The minimum atomic E-state index is -1.68. The molecule has 0 aliphatic rings. The highest BCUT2D eigenvalue weighted by Crippen LogP contribution is 2.20. The van der Waals surface area contributed by atoms with Crippen molar-refractivity contribution in [2.75, 3.05) is 26.1 Å². The van der Waals surface area contributed by atoms with Gasteiger partial charge in [-0.2, -0.15) is 0 Å². The van der Waals surface area contributed by atoms with Gasteiger partial charge in [-0.15, -0.1) is 0 Å². The molecule has 0 aromatic heterocycles. The third kappa shape index (κ3) is 4.63. The Kier molecular flexibility index (Phi) is 5.65. The highest BCUT2D eigenvalue weighted by molar-refractivity contribution is 5.97. The summed E-state index contributed by atoms with van der Waals surface area (Å²) in [6, 6.07) is 13.7. The van der Waals surface area contributed by atoms with E-state index in [0.29, 0.717) is 22.9 Å². The zero-order valence-corrected chi connectivity index (χ0v) is 13.9. The number of hydrogen-bond donors (Lipinski definition) is 2. The average Bonchev–Trinajstić information content (AvgIpc) is 2.61. The molecule has 6 heteroatoms. The molecule has 0 aliphatic carbocycles. The highest BCUT2D eigenvalue weighted by atomic mass is 16.5. The molecule has 0 bridgehead atoms. The Balaban J connectivity index is 1.93. The molecule has 2 aromatic rings. The number of ether oxygens (including phenoxy) is 3. The first kappa shape index (κ1) is 17.6. The number of hydrogen-bond acceptors (Lipinski definition) is 5. The summed E-state index contributed by atoms with van der Waals surface area (Å²) in [5.41, 5.74) is -1.12. The highest BCUT2D eigenvalue weighted by Gasteiger charge is 2.31. The van der Waals surface area contributed by atoms with Crippen LogP contribution in [0.3, 0.4) is 0 Å². The maximum Gasteiger partial charge on any atom is 0.259 e. The van der Waals surface area contributed by atoms with Crippen LogP contribution in [0.4, 0.5) is 5.69 Å². The summed E-state index contributed by atoms with van der Waals surface area (Å²) in [5, 5.41) is 13.0. The normalized spacial score (nSPS) is 12.8. The number of nitrogens with one attached hydrogen (secondary N) is 1. The van der Waals surface area contributed by atoms with Crippen molar-refractivity contribution < 1.29 is 24.1 Å². The molecule has 128 valence electrons. The Bertz CT molecular complexity index is 665. The third-order valence-electron chi connectivity index (χ3n) is 3.42. The SMILES string of the molecule is COc1ccc(NC(=O)C(C)(O)COc2ccc(OC)cc2)cc1. The summed E-state index contributed by atoms with van der Waals surface area (Å²) < 4.78 is 15.6. The van der Waals surface area contributed by atoms with Crippen LogP contribution in [0, 0.1) is 0 Å². The van der Waals surface area contributed by atoms with Crippen molar-refractivity contribution in [1.29, 1.82) is 0 Å². The van der Waals surface area contributed by atoms with Crippen LogP contribution in [0.25, 0.3) is 0 Å². The molecule has 1 atom stereocenters. The van der Waals surface area contributed by atoms with Crippen LogP contribution in [0.15, 0.2) is 48.5 Å². The van der Waals surface area contributed by atoms with Gasteiger partial charge in [-0.05, 0) is 55.5 Å². The smallest absolute Gasteiger partial charge is 0.259 e. The molecule has 24 heavy (non-hydrogen) atoms. The van der Waals surface area contributed by atoms with Crippen LogP contribution in [0.2, 0.25) is 0 Å². The summed E-state index contributed by atoms with van der Waals surface area (Å²) in [6.45, 7) is 1.22. The molecule has 0 saturated heterocycles. The first-order valence-electron chi connectivity index (χ1n) is 7.39. The summed E-state index contributed by atoms with van der Waals surface area (Å²) in [7, 11) is 3.14. The zero-order chi connectivity index (χ0) is 17.6. The molecular weight excluding hydrogens is 310 g/mol. The van der Waals surface area contributed by atoms with E-state index in [9.17, 15) is 9.90 Å². The van der Waals surface area contributed by atoms with Gasteiger partial charge in [-0.25, -0.2) is 0 Å². The number of carbonyl (C=O) groups excluding carboxylic acids is 1. The second-order valence-electron chi connectivity index (χ2n) is 5.42. The van der Waals surface area contributed by atoms with Crippen molar-refractivity contribution in [3.8, 4) is 17.2 Å². The van der Waals surface area contributed by atoms with Crippen molar-refractivity contribution in [3.05, 3.63) is 48.5 Å². The number of aliphatic hydroxyl groups is 1. The van der Waals surface area contributed by atoms with E-state index in [1.165, 1.54) is 6.92 Å². The van der Waals surface area contributed by atoms with E-state index < -0.39 is 11.5 Å². The van der Waals surface area contributed by atoms with E-state index in [1.54, 1.807) is 62.8 Å². The predicted molar refractivity (Wildman–Crippen MR) is 90.7 cm³/mol. The number of rotatable bonds is 7. The topological polar surface area (TPSA) is 77.0 Å². The molecule has 0 fully saturated rings. The number of carbonyl (C=O) groups is 1. The van der Waals surface area contributed by atoms with Gasteiger partial charge >= 0.3 is 0 Å². The molecule has 1 amide bonds. The molecule has 0 radical (unpaired) electrons. The fourth-order valence-corrected chi connectivity index (χ4v) is 1.90. The van der Waals surface area contributed by atoms with Crippen molar-refractivity contribution in [2.24, 2.45) is 0 Å². The van der Waals surface area contributed by atoms with Gasteiger partial charge in [0.15, 0.2) is 5.60 Å². The van der Waals surface area contributed by atoms with Gasteiger partial charge in [0.25, 0.3) is 5.91 Å². The minimum Gasteiger partial charge on any atom is -0.497 e. The van der Waals surface area contributed by atoms with Gasteiger partial charge in [0, 0.05) is 5.69 Å². The van der Waals surface area contributed by atoms with E-state index in [-0.39, 0.29) is 6.61 Å². The second kappa shape index (κ2) is 7.70. The van der Waals surface area contributed by atoms with E-state index in [0.717, 1.165) is 0 Å². The second-order valence-corrected chi connectivity index (χ2v) is 5.42. The first-order chi connectivity index (χ1) is 11.4. The Labute approximate surface area is 141 Å². The van der Waals surface area contributed by atoms with E-state index in [4.69, 9.17) is 14.2 Å². The van der Waals surface area contributed by atoms with Crippen molar-refractivity contribution in [1.82, 2.24) is 0 Å². The molecule has 2 aromatic carbocycles. The minimum absolute atomic E-state index is 0.179. The van der Waals surface area contributed by atoms with Crippen LogP contribution in [0.5, 0.6) is 17.2 Å². The van der Waals surface area contributed by atoms with Crippen molar-refractivity contribution in [2.45, 2.75) is 12.5 Å². The fourth-order valence-electron chi connectivity index (χ4n) is 1.90. The Hall–Kier alpha value is -2.73. The largest absolute Gasteiger partial charge is 0.497 e. The van der Waals surface area contributed by atoms with Crippen LogP contribution in [-0.2, 0) is 4.79 Å². The summed E-state index contributed by atoms with van der Waals surface area (Å²) in [4.78, 5) is 12.2. The van der Waals surface area contributed by atoms with Gasteiger partial charge in [0.05, 0.1) is 14.2 Å². The number of amides is 1. The van der Waals surface area contributed by atoms with Gasteiger partial charge in [-0.1, -0.05) is 0 Å². The molecule has 2 N–H and O–H groups in total. The van der Waals surface area contributed by atoms with Crippen molar-refractivity contribution in [3.63, 3.8) is 0 Å². The van der Waals surface area contributed by atoms with Gasteiger partial charge in [-0.3, -0.25) is 4.79 Å². The molecule has 0 aliphatic heterocycles. The molecule has 0 heterocycles. The molecule has 6 nitrogen and oxygen atoms in total. The maximum atomic E-state index is 12.2. The van der Waals surface area contributed by atoms with E-state index >= 15 is 0 Å². The van der Waals surface area contributed by atoms with Crippen LogP contribution >= 0.6 is 0 Å². The first-order valence-corrected chi connectivity index (χ1v) is 7.39. The molecule has 1 unspecified atom stereocenters. The molecular formula is C18H21NO5. The lowest BCUT2D eigenvalue weighted by Crippen LogP contribution is -2.45. The van der Waals surface area contributed by atoms with Gasteiger partial charge in [0.1, 0.15) is 23.9 Å². The standard InChI is InChI=1S/C18H21NO5/c1-18(21,12-24-16-10-8-15(23-3)9-11-16)17(20)19-13-4-6-14(22-2)7-5-13/h4-11,21H,12H2,1-3H3,(H,19,20). The fraction of sp³-hybridized carbons (Fsp3) is 0.278. The van der Waals surface area contributed by atoms with E-state index in [2.05, 4.69) is 5.32 Å². The van der Waals surface area contributed by atoms with E-state index in [1.807, 2.05) is 0 Å². The van der Waals surface area contributed by atoms with Crippen LogP contribution < -0.4 is 19.5 Å². The van der Waals surface area contributed by atoms with Crippen LogP contribution in [-0.4, -0.2) is 37.4 Å². The lowest BCUT2D eigenvalue weighted by Gasteiger charge is -2.22. The summed E-state index contributed by atoms with van der Waals surface area (Å²) in [6.07, 6.45) is 0. The van der Waals surface area contributed by atoms with Gasteiger partial charge in [0.2, 0.25) is 0 Å². The average molecular weight is 331 g/mol. The van der Waals surface area contributed by atoms with Gasteiger partial charge < -0.3 is 24.6 Å². The zero-order valence-electron chi connectivity index (χ0n) is 13.9. The third-order valence-corrected chi connectivity index (χ3v) is 3.42. The molecule has 2 rings (SSSR count). The quantitative estimate of drug-likeness (QED) is 0.815. The Morgan fingerprint density at radius 2 is 1.42 bits per heavy atom. The monoisotopic (exact) mass is 331 g/mol. The number of benzene rings is 2. The summed E-state index contributed by atoms with van der Waals surface area (Å²) in [5.74, 6) is 1.36. The Morgan fingerprint density at radius 3 is 1.92 bits per heavy atom. The van der Waals surface area contributed by atoms with Crippen LogP contribution in [0.1, 0.15) is 6.92 Å².